The monoisotopic (exact) mass is 325 g/mol. The van der Waals surface area contributed by atoms with Crippen molar-refractivity contribution in [2.75, 3.05) is 10.6 Å². The average Bonchev–Trinajstić information content (AvgIpc) is 3.00. The molecule has 0 bridgehead atoms. The molecule has 0 unspecified atom stereocenters. The molecule has 0 saturated heterocycles. The number of nitrogens with zero attached hydrogens (tertiary/aromatic N) is 3. The van der Waals surface area contributed by atoms with Crippen molar-refractivity contribution in [3.05, 3.63) is 58.9 Å². The van der Waals surface area contributed by atoms with E-state index in [-0.39, 0.29) is 5.91 Å². The van der Waals surface area contributed by atoms with Gasteiger partial charge in [0.2, 0.25) is 5.95 Å². The molecule has 116 valence electrons. The highest BCUT2D eigenvalue weighted by atomic mass is 32.1. The van der Waals surface area contributed by atoms with Gasteiger partial charge in [0.25, 0.3) is 5.91 Å². The van der Waals surface area contributed by atoms with Crippen LogP contribution in [0.3, 0.4) is 0 Å². The molecule has 2 aromatic heterocycles. The minimum absolute atomic E-state index is 0.244. The first-order chi connectivity index (χ1) is 11.1. The zero-order chi connectivity index (χ0) is 16.2. The van der Waals surface area contributed by atoms with E-state index in [0.29, 0.717) is 16.8 Å². The lowest BCUT2D eigenvalue weighted by molar-refractivity contribution is 0.102. The van der Waals surface area contributed by atoms with Gasteiger partial charge in [-0.25, -0.2) is 15.0 Å². The third-order valence-corrected chi connectivity index (χ3v) is 4.04. The van der Waals surface area contributed by atoms with Crippen LogP contribution in [-0.4, -0.2) is 20.9 Å². The number of thiazole rings is 1. The lowest BCUT2D eigenvalue weighted by Gasteiger charge is -2.06. The number of aryl methyl sites for hydroxylation is 2. The summed E-state index contributed by atoms with van der Waals surface area (Å²) in [5, 5.41) is 8.08. The van der Waals surface area contributed by atoms with E-state index in [4.69, 9.17) is 0 Å². The molecule has 0 spiro atoms. The Bertz CT molecular complexity index is 831. The van der Waals surface area contributed by atoms with Gasteiger partial charge < -0.3 is 10.6 Å². The minimum Gasteiger partial charge on any atom is -0.321 e. The van der Waals surface area contributed by atoms with Crippen molar-refractivity contribution in [3.8, 4) is 0 Å². The number of nitrogens with one attached hydrogen (secondary N) is 2. The molecule has 0 aliphatic carbocycles. The summed E-state index contributed by atoms with van der Waals surface area (Å²) < 4.78 is 0. The Morgan fingerprint density at radius 1 is 1.13 bits per heavy atom. The van der Waals surface area contributed by atoms with Crippen LogP contribution in [0.15, 0.2) is 42.0 Å². The smallest absolute Gasteiger partial charge is 0.275 e. The highest BCUT2D eigenvalue weighted by molar-refractivity contribution is 7.14. The summed E-state index contributed by atoms with van der Waals surface area (Å²) >= 11 is 1.33. The quantitative estimate of drug-likeness (QED) is 0.767. The van der Waals surface area contributed by atoms with Gasteiger partial charge in [-0.15, -0.1) is 11.3 Å². The van der Waals surface area contributed by atoms with Crippen molar-refractivity contribution in [1.29, 1.82) is 0 Å². The van der Waals surface area contributed by atoms with Crippen molar-refractivity contribution in [2.45, 2.75) is 13.8 Å². The van der Waals surface area contributed by atoms with E-state index in [2.05, 4.69) is 25.6 Å². The minimum atomic E-state index is -0.244. The molecule has 2 N–H and O–H groups in total. The fourth-order valence-electron chi connectivity index (χ4n) is 1.91. The lowest BCUT2D eigenvalue weighted by Crippen LogP contribution is -2.12. The molecule has 0 fully saturated rings. The summed E-state index contributed by atoms with van der Waals surface area (Å²) in [6.07, 6.45) is 3.27. The fourth-order valence-corrected chi connectivity index (χ4v) is 2.59. The Morgan fingerprint density at radius 3 is 2.65 bits per heavy atom. The van der Waals surface area contributed by atoms with Crippen molar-refractivity contribution < 1.29 is 4.79 Å². The van der Waals surface area contributed by atoms with E-state index in [0.717, 1.165) is 11.3 Å². The number of amides is 1. The van der Waals surface area contributed by atoms with E-state index in [1.165, 1.54) is 16.9 Å². The van der Waals surface area contributed by atoms with Crippen molar-refractivity contribution >= 4 is 34.0 Å². The number of hydrogen-bond acceptors (Lipinski definition) is 6. The van der Waals surface area contributed by atoms with Crippen LogP contribution in [0.25, 0.3) is 0 Å². The largest absolute Gasteiger partial charge is 0.321 e. The molecule has 0 atom stereocenters. The Labute approximate surface area is 137 Å². The molecule has 0 aliphatic heterocycles. The summed E-state index contributed by atoms with van der Waals surface area (Å²) in [5.74, 6) is 0.203. The van der Waals surface area contributed by atoms with Gasteiger partial charge in [-0.1, -0.05) is 6.07 Å². The molecular formula is C16H15N5OS. The zero-order valence-corrected chi connectivity index (χ0v) is 13.5. The zero-order valence-electron chi connectivity index (χ0n) is 12.7. The molecule has 2 heterocycles. The van der Waals surface area contributed by atoms with E-state index in [9.17, 15) is 4.79 Å². The standard InChI is InChI=1S/C16H15N5OS/c1-10-4-5-12(8-11(10)2)19-14(22)13-9-23-16(20-13)21-15-17-6-3-7-18-15/h3-9H,1-2H3,(H,19,22)(H,17,18,20,21). The molecular weight excluding hydrogens is 310 g/mol. The summed E-state index contributed by atoms with van der Waals surface area (Å²) in [5.41, 5.74) is 3.43. The van der Waals surface area contributed by atoms with Crippen LogP contribution in [0, 0.1) is 13.8 Å². The molecule has 7 heteroatoms. The van der Waals surface area contributed by atoms with E-state index < -0.39 is 0 Å². The lowest BCUT2D eigenvalue weighted by atomic mass is 10.1. The second-order valence-electron chi connectivity index (χ2n) is 4.99. The number of rotatable bonds is 4. The SMILES string of the molecule is Cc1ccc(NC(=O)c2csc(Nc3ncccn3)n2)cc1C. The molecule has 3 rings (SSSR count). The molecule has 0 saturated carbocycles. The first kappa shape index (κ1) is 15.1. The van der Waals surface area contributed by atoms with Crippen LogP contribution in [0.1, 0.15) is 21.6 Å². The third-order valence-electron chi connectivity index (χ3n) is 3.29. The second kappa shape index (κ2) is 6.53. The third kappa shape index (κ3) is 3.70. The maximum Gasteiger partial charge on any atom is 0.275 e. The Hall–Kier alpha value is -2.80. The highest BCUT2D eigenvalue weighted by Crippen LogP contribution is 2.20. The summed E-state index contributed by atoms with van der Waals surface area (Å²) in [6, 6.07) is 7.53. The van der Waals surface area contributed by atoms with Gasteiger partial charge >= 0.3 is 0 Å². The molecule has 0 aliphatic rings. The van der Waals surface area contributed by atoms with Gasteiger partial charge in [-0.2, -0.15) is 0 Å². The van der Waals surface area contributed by atoms with Crippen LogP contribution in [0.2, 0.25) is 0 Å². The van der Waals surface area contributed by atoms with Gasteiger partial charge in [0.15, 0.2) is 5.13 Å². The van der Waals surface area contributed by atoms with Gasteiger partial charge in [0.1, 0.15) is 5.69 Å². The van der Waals surface area contributed by atoms with Crippen LogP contribution >= 0.6 is 11.3 Å². The Morgan fingerprint density at radius 2 is 1.91 bits per heavy atom. The number of anilines is 3. The first-order valence-corrected chi connectivity index (χ1v) is 7.88. The summed E-state index contributed by atoms with van der Waals surface area (Å²) in [4.78, 5) is 24.6. The van der Waals surface area contributed by atoms with E-state index >= 15 is 0 Å². The predicted molar refractivity (Wildman–Crippen MR) is 91.3 cm³/mol. The number of benzene rings is 1. The van der Waals surface area contributed by atoms with Gasteiger partial charge in [0, 0.05) is 23.5 Å². The Kier molecular flexibility index (Phi) is 4.29. The van der Waals surface area contributed by atoms with E-state index in [1.807, 2.05) is 32.0 Å². The summed E-state index contributed by atoms with van der Waals surface area (Å²) in [6.45, 7) is 4.04. The second-order valence-corrected chi connectivity index (χ2v) is 5.85. The number of aromatic nitrogens is 3. The number of hydrogen-bond donors (Lipinski definition) is 2. The molecule has 6 nitrogen and oxygen atoms in total. The van der Waals surface area contributed by atoms with Gasteiger partial charge in [-0.3, -0.25) is 4.79 Å². The van der Waals surface area contributed by atoms with Crippen LogP contribution < -0.4 is 10.6 Å². The summed E-state index contributed by atoms with van der Waals surface area (Å²) in [7, 11) is 0. The van der Waals surface area contributed by atoms with Crippen LogP contribution in [-0.2, 0) is 0 Å². The number of carbonyl (C=O) groups is 1. The average molecular weight is 325 g/mol. The molecule has 1 amide bonds. The topological polar surface area (TPSA) is 79.8 Å². The maximum absolute atomic E-state index is 12.3. The fraction of sp³-hybridized carbons (Fsp3) is 0.125. The van der Waals surface area contributed by atoms with Crippen LogP contribution in [0.4, 0.5) is 16.8 Å². The maximum atomic E-state index is 12.3. The van der Waals surface area contributed by atoms with Crippen molar-refractivity contribution in [1.82, 2.24) is 15.0 Å². The molecule has 23 heavy (non-hydrogen) atoms. The normalized spacial score (nSPS) is 10.3. The molecule has 3 aromatic rings. The van der Waals surface area contributed by atoms with Crippen molar-refractivity contribution in [3.63, 3.8) is 0 Å². The van der Waals surface area contributed by atoms with Gasteiger partial charge in [0.05, 0.1) is 0 Å². The number of carbonyl (C=O) groups excluding carboxylic acids is 1. The first-order valence-electron chi connectivity index (χ1n) is 7.00. The van der Waals surface area contributed by atoms with Gasteiger partial charge in [-0.05, 0) is 43.2 Å². The highest BCUT2D eigenvalue weighted by Gasteiger charge is 2.12. The predicted octanol–water partition coefficient (Wildman–Crippen LogP) is 3.55. The van der Waals surface area contributed by atoms with Crippen molar-refractivity contribution in [2.24, 2.45) is 0 Å². The molecule has 0 radical (unpaired) electrons. The Balaban J connectivity index is 1.69. The van der Waals surface area contributed by atoms with Crippen LogP contribution in [0.5, 0.6) is 0 Å². The molecule has 1 aromatic carbocycles. The van der Waals surface area contributed by atoms with E-state index in [1.54, 1.807) is 23.8 Å².